The Morgan fingerprint density at radius 3 is 2.14 bits per heavy atom. The molecule has 2 fully saturated rings. The number of hydrogen-bond acceptors (Lipinski definition) is 11. The van der Waals surface area contributed by atoms with Gasteiger partial charge in [-0.2, -0.15) is 5.26 Å². The minimum atomic E-state index is -3.49. The number of anilines is 2. The first kappa shape index (κ1) is 38.1. The number of halogens is 3. The number of benzene rings is 2. The van der Waals surface area contributed by atoms with Crippen LogP contribution in [0.3, 0.4) is 0 Å². The molecule has 1 atom stereocenters. The fraction of sp³-hybridized carbons (Fsp3) is 0.289. The Morgan fingerprint density at radius 1 is 0.912 bits per heavy atom. The van der Waals surface area contributed by atoms with Crippen molar-refractivity contribution >= 4 is 62.4 Å². The first-order chi connectivity index (χ1) is 27.2. The van der Waals surface area contributed by atoms with Gasteiger partial charge in [-0.05, 0) is 61.9 Å². The van der Waals surface area contributed by atoms with Crippen molar-refractivity contribution in [3.8, 4) is 17.2 Å². The van der Waals surface area contributed by atoms with Crippen LogP contribution in [0.4, 0.5) is 16.0 Å². The maximum atomic E-state index is 14.7. The van der Waals surface area contributed by atoms with Crippen molar-refractivity contribution in [1.29, 1.82) is 5.26 Å². The number of hydrogen-bond donors (Lipinski definition) is 2. The van der Waals surface area contributed by atoms with Crippen LogP contribution in [0.25, 0.3) is 11.1 Å². The molecule has 2 aromatic carbocycles. The highest BCUT2D eigenvalue weighted by Crippen LogP contribution is 2.46. The number of carbonyl (C=O) groups excluding carboxylic acids is 3. The van der Waals surface area contributed by atoms with Gasteiger partial charge in [0.25, 0.3) is 11.8 Å². The Morgan fingerprint density at radius 2 is 1.54 bits per heavy atom. The molecule has 0 unspecified atom stereocenters. The molecule has 57 heavy (non-hydrogen) atoms. The lowest BCUT2D eigenvalue weighted by Crippen LogP contribution is -2.63. The lowest BCUT2D eigenvalue weighted by atomic mass is 9.89. The Bertz CT molecular complexity index is 2580. The smallest absolute Gasteiger partial charge is 0.270 e. The summed E-state index contributed by atoms with van der Waals surface area (Å²) in [6, 6.07) is 13.2. The highest BCUT2D eigenvalue weighted by atomic mass is 35.5. The van der Waals surface area contributed by atoms with E-state index in [1.54, 1.807) is 49.6 Å². The van der Waals surface area contributed by atoms with E-state index in [2.05, 4.69) is 35.6 Å². The summed E-state index contributed by atoms with van der Waals surface area (Å²) in [5.41, 5.74) is -1.97. The molecule has 5 aromatic rings. The lowest BCUT2D eigenvalue weighted by Gasteiger charge is -2.37. The highest BCUT2D eigenvalue weighted by molar-refractivity contribution is 7.91. The molecule has 3 aromatic heterocycles. The Kier molecular flexibility index (Phi) is 9.33. The third kappa shape index (κ3) is 6.77. The van der Waals surface area contributed by atoms with Gasteiger partial charge in [-0.3, -0.25) is 19.0 Å². The van der Waals surface area contributed by atoms with E-state index in [0.29, 0.717) is 29.8 Å². The van der Waals surface area contributed by atoms with Crippen LogP contribution in [-0.4, -0.2) is 72.7 Å². The number of nitrogens with zero attached hydrogens (tertiary/aromatic N) is 8. The van der Waals surface area contributed by atoms with E-state index < -0.39 is 50.0 Å². The van der Waals surface area contributed by atoms with Gasteiger partial charge in [0.1, 0.15) is 28.4 Å². The number of aromatic nitrogens is 6. The average Bonchev–Trinajstić information content (AvgIpc) is 3.80. The molecule has 2 aliphatic heterocycles. The number of imidazole rings is 1. The summed E-state index contributed by atoms with van der Waals surface area (Å²) in [7, 11) is -3.49. The summed E-state index contributed by atoms with van der Waals surface area (Å²) in [4.78, 5) is 65.9. The molecule has 0 radical (unpaired) electrons. The molecule has 3 amide bonds. The summed E-state index contributed by atoms with van der Waals surface area (Å²) in [6.07, 6.45) is 8.16. The van der Waals surface area contributed by atoms with Crippen molar-refractivity contribution in [2.75, 3.05) is 16.4 Å². The minimum Gasteiger partial charge on any atom is -0.341 e. The van der Waals surface area contributed by atoms with Gasteiger partial charge in [0.15, 0.2) is 21.5 Å². The summed E-state index contributed by atoms with van der Waals surface area (Å²) in [6.45, 7) is 1.62. The predicted octanol–water partition coefficient (Wildman–Crippen LogP) is 4.57. The number of nitrogens with one attached hydrogen (secondary N) is 2. The Balaban J connectivity index is 1.16. The van der Waals surface area contributed by atoms with Crippen molar-refractivity contribution in [2.24, 2.45) is 0 Å². The molecule has 3 aliphatic rings. The Hall–Kier alpha value is -5.83. The maximum absolute atomic E-state index is 14.7. The van der Waals surface area contributed by atoms with E-state index in [4.69, 9.17) is 28.5 Å². The van der Waals surface area contributed by atoms with E-state index >= 15 is 0 Å². The van der Waals surface area contributed by atoms with Crippen LogP contribution in [0.1, 0.15) is 60.3 Å². The fourth-order valence-electron chi connectivity index (χ4n) is 7.37. The van der Waals surface area contributed by atoms with Gasteiger partial charge < -0.3 is 10.6 Å². The monoisotopic (exact) mass is 828 g/mol. The van der Waals surface area contributed by atoms with Crippen LogP contribution in [-0.2, 0) is 36.9 Å². The average molecular weight is 830 g/mol. The van der Waals surface area contributed by atoms with E-state index in [9.17, 15) is 27.2 Å². The molecule has 2 N–H and O–H groups in total. The molecular formula is C38H31Cl2FN10O5S. The number of nitriles is 1. The van der Waals surface area contributed by atoms with E-state index in [1.807, 2.05) is 6.07 Å². The molecule has 0 bridgehead atoms. The SMILES string of the molecule is C[C@@]1(Cc2ccc(-c3cnc(C#N)nc3)cc2)C(=O)N(c2cc(Cl)c(F)c(Cl)c2)c2ncc(C(=O)NC3(C(=O)NC4(c5ncccn5)CC4)CCS(=O)(=O)CC3)n21. The Labute approximate surface area is 335 Å². The van der Waals surface area contributed by atoms with Crippen molar-refractivity contribution in [3.05, 3.63) is 112 Å². The van der Waals surface area contributed by atoms with Gasteiger partial charge in [0.05, 0.1) is 33.4 Å². The molecule has 15 nitrogen and oxygen atoms in total. The first-order valence-corrected chi connectivity index (χ1v) is 20.3. The van der Waals surface area contributed by atoms with E-state index in [1.165, 1.54) is 40.2 Å². The van der Waals surface area contributed by atoms with Crippen molar-refractivity contribution in [3.63, 3.8) is 0 Å². The van der Waals surface area contributed by atoms with Crippen molar-refractivity contribution in [2.45, 2.75) is 55.6 Å². The van der Waals surface area contributed by atoms with Gasteiger partial charge >= 0.3 is 0 Å². The molecule has 5 heterocycles. The molecule has 8 rings (SSSR count). The van der Waals surface area contributed by atoms with Crippen LogP contribution in [0, 0.1) is 17.1 Å². The molecule has 1 aliphatic carbocycles. The molecule has 19 heteroatoms. The van der Waals surface area contributed by atoms with Crippen LogP contribution >= 0.6 is 23.2 Å². The van der Waals surface area contributed by atoms with Crippen molar-refractivity contribution < 1.29 is 27.2 Å². The van der Waals surface area contributed by atoms with Crippen LogP contribution < -0.4 is 15.5 Å². The van der Waals surface area contributed by atoms with Gasteiger partial charge in [0, 0.05) is 36.8 Å². The zero-order valence-electron chi connectivity index (χ0n) is 30.0. The van der Waals surface area contributed by atoms with Crippen LogP contribution in [0.5, 0.6) is 0 Å². The second-order valence-corrected chi connectivity index (χ2v) is 17.6. The number of fused-ring (bicyclic) bond motifs is 1. The predicted molar refractivity (Wildman–Crippen MR) is 204 cm³/mol. The minimum absolute atomic E-state index is 0.000580. The largest absolute Gasteiger partial charge is 0.341 e. The molecular weight excluding hydrogens is 798 g/mol. The molecule has 290 valence electrons. The third-order valence-corrected chi connectivity index (χ3v) is 12.9. The quantitative estimate of drug-likeness (QED) is 0.197. The highest BCUT2D eigenvalue weighted by Gasteiger charge is 2.55. The second-order valence-electron chi connectivity index (χ2n) is 14.5. The number of sulfone groups is 1. The molecule has 1 saturated carbocycles. The van der Waals surface area contributed by atoms with Crippen molar-refractivity contribution in [1.82, 2.24) is 40.1 Å². The summed E-state index contributed by atoms with van der Waals surface area (Å²) >= 11 is 12.3. The normalized spacial score (nSPS) is 20.0. The molecule has 1 saturated heterocycles. The summed E-state index contributed by atoms with van der Waals surface area (Å²) in [5.74, 6) is -3.04. The van der Waals surface area contributed by atoms with Gasteiger partial charge in [-0.15, -0.1) is 0 Å². The second kappa shape index (κ2) is 14.0. The standard InChI is InChI=1S/C38H31Cl2FN10O5S/c1-36(17-22-3-5-23(6-4-22)24-19-45-29(18-42)46-20-24)34(54)50(25-15-26(39)30(41)27(40)16-25)35-47-21-28(51(35)36)31(52)48-38(9-13-57(55,56)14-10-38)33(53)49-37(7-8-37)32-43-11-2-12-44-32/h2-6,11-12,15-16,19-21H,7-10,13-14,17H2,1H3,(H,48,52)(H,49,53)/t36-/m1/s1. The fourth-order valence-corrected chi connectivity index (χ4v) is 9.37. The summed E-state index contributed by atoms with van der Waals surface area (Å²) < 4.78 is 41.3. The number of rotatable bonds is 9. The van der Waals surface area contributed by atoms with Crippen LogP contribution in [0.2, 0.25) is 10.0 Å². The van der Waals surface area contributed by atoms with E-state index in [-0.39, 0.29) is 64.0 Å². The number of amides is 3. The lowest BCUT2D eigenvalue weighted by molar-refractivity contribution is -0.129. The first-order valence-electron chi connectivity index (χ1n) is 17.7. The van der Waals surface area contributed by atoms with Gasteiger partial charge in [0.2, 0.25) is 17.7 Å². The maximum Gasteiger partial charge on any atom is 0.270 e. The zero-order valence-corrected chi connectivity index (χ0v) is 32.4. The molecule has 0 spiro atoms. The third-order valence-electron chi connectivity index (χ3n) is 10.7. The number of carbonyl (C=O) groups is 3. The zero-order chi connectivity index (χ0) is 40.3. The summed E-state index contributed by atoms with van der Waals surface area (Å²) in [5, 5.41) is 14.3. The van der Waals surface area contributed by atoms with Gasteiger partial charge in [-0.1, -0.05) is 47.5 Å². The van der Waals surface area contributed by atoms with Gasteiger partial charge in [-0.25, -0.2) is 42.6 Å². The topological polar surface area (TPSA) is 206 Å². The van der Waals surface area contributed by atoms with Crippen LogP contribution in [0.15, 0.2) is 73.4 Å². The van der Waals surface area contributed by atoms with E-state index in [0.717, 1.165) is 5.56 Å².